The van der Waals surface area contributed by atoms with Gasteiger partial charge in [-0.2, -0.15) is 0 Å². The van der Waals surface area contributed by atoms with E-state index in [1.807, 2.05) is 6.92 Å². The topological polar surface area (TPSA) is 41.5 Å². The second kappa shape index (κ2) is 7.21. The Kier molecular flexibility index (Phi) is 6.15. The highest BCUT2D eigenvalue weighted by molar-refractivity contribution is 4.69. The average Bonchev–Trinajstić information content (AvgIpc) is 2.13. The van der Waals surface area contributed by atoms with Gasteiger partial charge in [-0.1, -0.05) is 26.2 Å². The van der Waals surface area contributed by atoms with Crippen molar-refractivity contribution in [2.75, 3.05) is 26.4 Å². The lowest BCUT2D eigenvalue weighted by Gasteiger charge is -2.25. The summed E-state index contributed by atoms with van der Waals surface area (Å²) < 4.78 is 5.52. The van der Waals surface area contributed by atoms with Crippen molar-refractivity contribution in [1.29, 1.82) is 0 Å². The van der Waals surface area contributed by atoms with E-state index in [0.29, 0.717) is 6.61 Å². The summed E-state index contributed by atoms with van der Waals surface area (Å²) in [6.45, 7) is 4.58. The van der Waals surface area contributed by atoms with Crippen molar-refractivity contribution in [2.24, 2.45) is 5.92 Å². The van der Waals surface area contributed by atoms with Crippen LogP contribution in [0.25, 0.3) is 0 Å². The first-order valence-electron chi connectivity index (χ1n) is 5.78. The summed E-state index contributed by atoms with van der Waals surface area (Å²) in [6, 6.07) is 0.112. The first-order chi connectivity index (χ1) is 6.86. The first-order valence-corrected chi connectivity index (χ1v) is 5.78. The van der Waals surface area contributed by atoms with Gasteiger partial charge in [0, 0.05) is 6.61 Å². The summed E-state index contributed by atoms with van der Waals surface area (Å²) in [5, 5.41) is 12.2. The number of aliphatic hydroxyl groups excluding tert-OH is 1. The molecule has 1 aliphatic carbocycles. The fourth-order valence-electron chi connectivity index (χ4n) is 1.72. The molecule has 1 saturated carbocycles. The summed E-state index contributed by atoms with van der Waals surface area (Å²) in [7, 11) is 0. The SMILES string of the molecule is CCNC(CO)COCCC1CCC1. The minimum atomic E-state index is 0.112. The van der Waals surface area contributed by atoms with E-state index in [1.165, 1.54) is 25.7 Å². The molecule has 0 radical (unpaired) electrons. The molecule has 1 aliphatic rings. The zero-order valence-electron chi connectivity index (χ0n) is 9.17. The second-order valence-corrected chi connectivity index (χ2v) is 4.10. The highest BCUT2D eigenvalue weighted by Crippen LogP contribution is 2.28. The van der Waals surface area contributed by atoms with Gasteiger partial charge in [0.1, 0.15) is 0 Å². The van der Waals surface area contributed by atoms with E-state index < -0.39 is 0 Å². The molecular formula is C11H23NO2. The molecule has 1 atom stereocenters. The quantitative estimate of drug-likeness (QED) is 0.579. The van der Waals surface area contributed by atoms with Gasteiger partial charge >= 0.3 is 0 Å². The Bertz CT molecular complexity index is 137. The Hall–Kier alpha value is -0.120. The number of aliphatic hydroxyl groups is 1. The van der Waals surface area contributed by atoms with Crippen molar-refractivity contribution < 1.29 is 9.84 Å². The van der Waals surface area contributed by atoms with Crippen LogP contribution in [0.4, 0.5) is 0 Å². The molecule has 0 saturated heterocycles. The zero-order valence-corrected chi connectivity index (χ0v) is 9.17. The van der Waals surface area contributed by atoms with E-state index in [2.05, 4.69) is 5.32 Å². The second-order valence-electron chi connectivity index (χ2n) is 4.10. The van der Waals surface area contributed by atoms with Gasteiger partial charge in [0.25, 0.3) is 0 Å². The van der Waals surface area contributed by atoms with Gasteiger partial charge in [-0.15, -0.1) is 0 Å². The molecule has 3 nitrogen and oxygen atoms in total. The fourth-order valence-corrected chi connectivity index (χ4v) is 1.72. The minimum Gasteiger partial charge on any atom is -0.395 e. The summed E-state index contributed by atoms with van der Waals surface area (Å²) in [6.07, 6.45) is 5.38. The number of ether oxygens (including phenoxy) is 1. The highest BCUT2D eigenvalue weighted by Gasteiger charge is 2.16. The minimum absolute atomic E-state index is 0.112. The summed E-state index contributed by atoms with van der Waals surface area (Å²) >= 11 is 0. The van der Waals surface area contributed by atoms with Crippen LogP contribution >= 0.6 is 0 Å². The molecule has 0 aromatic rings. The molecule has 0 bridgehead atoms. The van der Waals surface area contributed by atoms with Crippen LogP contribution in [0.15, 0.2) is 0 Å². The van der Waals surface area contributed by atoms with Crippen molar-refractivity contribution in [3.8, 4) is 0 Å². The van der Waals surface area contributed by atoms with Crippen LogP contribution in [0.2, 0.25) is 0 Å². The Balaban J connectivity index is 1.89. The predicted molar refractivity (Wildman–Crippen MR) is 57.3 cm³/mol. The molecule has 2 N–H and O–H groups in total. The van der Waals surface area contributed by atoms with E-state index in [-0.39, 0.29) is 12.6 Å². The molecule has 0 aromatic carbocycles. The van der Waals surface area contributed by atoms with E-state index in [1.54, 1.807) is 0 Å². The highest BCUT2D eigenvalue weighted by atomic mass is 16.5. The van der Waals surface area contributed by atoms with Gasteiger partial charge in [0.05, 0.1) is 19.3 Å². The summed E-state index contributed by atoms with van der Waals surface area (Å²) in [5.74, 6) is 0.918. The maximum absolute atomic E-state index is 8.98. The van der Waals surface area contributed by atoms with Gasteiger partial charge in [-0.05, 0) is 18.9 Å². The predicted octanol–water partition coefficient (Wildman–Crippen LogP) is 1.16. The Labute approximate surface area is 86.8 Å². The first kappa shape index (κ1) is 12.0. The van der Waals surface area contributed by atoms with Crippen LogP contribution in [0, 0.1) is 5.92 Å². The molecule has 0 heterocycles. The normalized spacial score (nSPS) is 19.3. The van der Waals surface area contributed by atoms with Crippen molar-refractivity contribution in [3.05, 3.63) is 0 Å². The molecule has 0 spiro atoms. The molecule has 1 fully saturated rings. The lowest BCUT2D eigenvalue weighted by molar-refractivity contribution is 0.0729. The lowest BCUT2D eigenvalue weighted by atomic mass is 9.83. The number of nitrogens with one attached hydrogen (secondary N) is 1. The monoisotopic (exact) mass is 201 g/mol. The summed E-state index contributed by atoms with van der Waals surface area (Å²) in [5.41, 5.74) is 0. The molecule has 1 unspecified atom stereocenters. The molecule has 0 amide bonds. The van der Waals surface area contributed by atoms with Gasteiger partial charge in [-0.3, -0.25) is 0 Å². The standard InChI is InChI=1S/C11H23NO2/c1-2-12-11(8-13)9-14-7-6-10-4-3-5-10/h10-13H,2-9H2,1H3. The van der Waals surface area contributed by atoms with Crippen LogP contribution in [-0.2, 0) is 4.74 Å². The smallest absolute Gasteiger partial charge is 0.0642 e. The molecular weight excluding hydrogens is 178 g/mol. The third-order valence-electron chi connectivity index (χ3n) is 2.93. The number of hydrogen-bond acceptors (Lipinski definition) is 3. The van der Waals surface area contributed by atoms with Crippen molar-refractivity contribution in [3.63, 3.8) is 0 Å². The van der Waals surface area contributed by atoms with E-state index in [9.17, 15) is 0 Å². The zero-order chi connectivity index (χ0) is 10.2. The summed E-state index contributed by atoms with van der Waals surface area (Å²) in [4.78, 5) is 0. The molecule has 3 heteroatoms. The van der Waals surface area contributed by atoms with Crippen LogP contribution in [-0.4, -0.2) is 37.5 Å². The van der Waals surface area contributed by atoms with Crippen LogP contribution in [0.1, 0.15) is 32.6 Å². The van der Waals surface area contributed by atoms with Crippen LogP contribution < -0.4 is 5.32 Å². The molecule has 0 aromatic heterocycles. The number of rotatable bonds is 8. The van der Waals surface area contributed by atoms with Gasteiger partial charge in [0.15, 0.2) is 0 Å². The van der Waals surface area contributed by atoms with Crippen LogP contribution in [0.3, 0.4) is 0 Å². The Morgan fingerprint density at radius 2 is 2.29 bits per heavy atom. The molecule has 1 rings (SSSR count). The van der Waals surface area contributed by atoms with E-state index in [0.717, 1.165) is 19.1 Å². The largest absolute Gasteiger partial charge is 0.395 e. The van der Waals surface area contributed by atoms with Gasteiger partial charge < -0.3 is 15.2 Å². The number of hydrogen-bond donors (Lipinski definition) is 2. The van der Waals surface area contributed by atoms with E-state index in [4.69, 9.17) is 9.84 Å². The number of likely N-dealkylation sites (N-methyl/N-ethyl adjacent to an activating group) is 1. The average molecular weight is 201 g/mol. The van der Waals surface area contributed by atoms with Crippen molar-refractivity contribution in [2.45, 2.75) is 38.6 Å². The van der Waals surface area contributed by atoms with Gasteiger partial charge in [-0.25, -0.2) is 0 Å². The third kappa shape index (κ3) is 4.40. The third-order valence-corrected chi connectivity index (χ3v) is 2.93. The Morgan fingerprint density at radius 1 is 1.50 bits per heavy atom. The maximum Gasteiger partial charge on any atom is 0.0642 e. The Morgan fingerprint density at radius 3 is 2.79 bits per heavy atom. The van der Waals surface area contributed by atoms with E-state index >= 15 is 0 Å². The lowest BCUT2D eigenvalue weighted by Crippen LogP contribution is -2.36. The van der Waals surface area contributed by atoms with Gasteiger partial charge in [0.2, 0.25) is 0 Å². The maximum atomic E-state index is 8.98. The van der Waals surface area contributed by atoms with Crippen molar-refractivity contribution in [1.82, 2.24) is 5.32 Å². The fraction of sp³-hybridized carbons (Fsp3) is 1.00. The van der Waals surface area contributed by atoms with Crippen LogP contribution in [0.5, 0.6) is 0 Å². The van der Waals surface area contributed by atoms with Crippen molar-refractivity contribution >= 4 is 0 Å². The molecule has 84 valence electrons. The molecule has 0 aliphatic heterocycles. The molecule has 14 heavy (non-hydrogen) atoms.